The van der Waals surface area contributed by atoms with Gasteiger partial charge in [-0.05, 0) is 36.2 Å². The predicted octanol–water partition coefficient (Wildman–Crippen LogP) is 3.09. The number of benzene rings is 2. The number of ether oxygens (including phenoxy) is 1. The van der Waals surface area contributed by atoms with E-state index in [2.05, 4.69) is 0 Å². The summed E-state index contributed by atoms with van der Waals surface area (Å²) < 4.78 is 5.85. The zero-order valence-corrected chi connectivity index (χ0v) is 13.5. The number of rotatable bonds is 4. The van der Waals surface area contributed by atoms with Crippen LogP contribution in [0.4, 0.5) is 0 Å². The van der Waals surface area contributed by atoms with Crippen molar-refractivity contribution in [2.75, 3.05) is 13.1 Å². The smallest absolute Gasteiger partial charge is 0.257 e. The Labute approximate surface area is 140 Å². The SMILES string of the molecule is N[C@H]1CCN(C(=O)c2ccccc2OCc2ccc(Cl)cc2)C1. The maximum atomic E-state index is 12.6. The van der Waals surface area contributed by atoms with Gasteiger partial charge in [0.05, 0.1) is 5.56 Å². The first-order valence-electron chi connectivity index (χ1n) is 7.64. The molecule has 1 aliphatic rings. The average Bonchev–Trinajstić information content (AvgIpc) is 3.00. The molecule has 0 bridgehead atoms. The molecule has 1 aliphatic heterocycles. The standard InChI is InChI=1S/C18H19ClN2O2/c19-14-7-5-13(6-8-14)12-23-17-4-2-1-3-16(17)18(22)21-10-9-15(20)11-21/h1-8,15H,9-12,20H2/t15-/m0/s1. The summed E-state index contributed by atoms with van der Waals surface area (Å²) in [4.78, 5) is 14.4. The second-order valence-electron chi connectivity index (χ2n) is 5.71. The van der Waals surface area contributed by atoms with Crippen molar-refractivity contribution in [3.8, 4) is 5.75 Å². The predicted molar refractivity (Wildman–Crippen MR) is 90.7 cm³/mol. The number of nitrogens with zero attached hydrogens (tertiary/aromatic N) is 1. The average molecular weight is 331 g/mol. The first kappa shape index (κ1) is 15.8. The molecule has 120 valence electrons. The maximum Gasteiger partial charge on any atom is 0.257 e. The van der Waals surface area contributed by atoms with Gasteiger partial charge in [-0.25, -0.2) is 0 Å². The highest BCUT2D eigenvalue weighted by atomic mass is 35.5. The highest BCUT2D eigenvalue weighted by Crippen LogP contribution is 2.23. The van der Waals surface area contributed by atoms with Gasteiger partial charge in [-0.2, -0.15) is 0 Å². The first-order chi connectivity index (χ1) is 11.1. The topological polar surface area (TPSA) is 55.6 Å². The molecule has 23 heavy (non-hydrogen) atoms. The number of likely N-dealkylation sites (tertiary alicyclic amines) is 1. The second kappa shape index (κ2) is 7.02. The molecule has 0 saturated carbocycles. The first-order valence-corrected chi connectivity index (χ1v) is 8.02. The Balaban J connectivity index is 1.72. The molecule has 1 amide bonds. The van der Waals surface area contributed by atoms with Gasteiger partial charge >= 0.3 is 0 Å². The van der Waals surface area contributed by atoms with Crippen molar-refractivity contribution in [1.29, 1.82) is 0 Å². The normalized spacial score (nSPS) is 17.3. The third kappa shape index (κ3) is 3.84. The van der Waals surface area contributed by atoms with Gasteiger partial charge in [0.25, 0.3) is 5.91 Å². The van der Waals surface area contributed by atoms with E-state index in [1.807, 2.05) is 42.5 Å². The van der Waals surface area contributed by atoms with E-state index in [-0.39, 0.29) is 11.9 Å². The Kier molecular flexibility index (Phi) is 4.84. The Morgan fingerprint density at radius 2 is 1.96 bits per heavy atom. The van der Waals surface area contributed by atoms with Crippen LogP contribution in [0.3, 0.4) is 0 Å². The lowest BCUT2D eigenvalue weighted by molar-refractivity contribution is 0.0786. The van der Waals surface area contributed by atoms with E-state index in [1.54, 1.807) is 11.0 Å². The van der Waals surface area contributed by atoms with Gasteiger partial charge in [0, 0.05) is 24.2 Å². The van der Waals surface area contributed by atoms with Crippen molar-refractivity contribution >= 4 is 17.5 Å². The molecule has 0 spiro atoms. The van der Waals surface area contributed by atoms with Crippen LogP contribution in [-0.4, -0.2) is 29.9 Å². The summed E-state index contributed by atoms with van der Waals surface area (Å²) >= 11 is 5.88. The molecule has 0 unspecified atom stereocenters. The largest absolute Gasteiger partial charge is 0.488 e. The van der Waals surface area contributed by atoms with Crippen molar-refractivity contribution in [2.24, 2.45) is 5.73 Å². The van der Waals surface area contributed by atoms with Crippen LogP contribution in [0.2, 0.25) is 5.02 Å². The van der Waals surface area contributed by atoms with Crippen molar-refractivity contribution in [3.63, 3.8) is 0 Å². The molecule has 2 aromatic rings. The molecule has 3 rings (SSSR count). The molecule has 2 N–H and O–H groups in total. The lowest BCUT2D eigenvalue weighted by atomic mass is 10.1. The molecule has 2 aromatic carbocycles. The number of carbonyl (C=O) groups is 1. The van der Waals surface area contributed by atoms with E-state index in [0.717, 1.165) is 12.0 Å². The maximum absolute atomic E-state index is 12.6. The van der Waals surface area contributed by atoms with E-state index in [0.29, 0.717) is 36.0 Å². The summed E-state index contributed by atoms with van der Waals surface area (Å²) in [5.74, 6) is 0.567. The molecular formula is C18H19ClN2O2. The third-order valence-corrected chi connectivity index (χ3v) is 4.19. The van der Waals surface area contributed by atoms with Crippen LogP contribution in [0.1, 0.15) is 22.3 Å². The third-order valence-electron chi connectivity index (χ3n) is 3.94. The highest BCUT2D eigenvalue weighted by Gasteiger charge is 2.26. The van der Waals surface area contributed by atoms with Crippen LogP contribution in [-0.2, 0) is 6.61 Å². The van der Waals surface area contributed by atoms with Crippen LogP contribution < -0.4 is 10.5 Å². The lowest BCUT2D eigenvalue weighted by Crippen LogP contribution is -2.32. The number of carbonyl (C=O) groups excluding carboxylic acids is 1. The van der Waals surface area contributed by atoms with E-state index in [9.17, 15) is 4.79 Å². The summed E-state index contributed by atoms with van der Waals surface area (Å²) in [6.45, 7) is 1.69. The molecule has 0 radical (unpaired) electrons. The Morgan fingerprint density at radius 3 is 2.65 bits per heavy atom. The van der Waals surface area contributed by atoms with Crippen molar-refractivity contribution < 1.29 is 9.53 Å². The molecule has 4 nitrogen and oxygen atoms in total. The molecule has 1 saturated heterocycles. The molecular weight excluding hydrogens is 312 g/mol. The van der Waals surface area contributed by atoms with E-state index in [1.165, 1.54) is 0 Å². The Hall–Kier alpha value is -2.04. The summed E-state index contributed by atoms with van der Waals surface area (Å²) in [6, 6.07) is 14.9. The van der Waals surface area contributed by atoms with Crippen LogP contribution in [0, 0.1) is 0 Å². The van der Waals surface area contributed by atoms with Gasteiger partial charge in [0.15, 0.2) is 0 Å². The summed E-state index contributed by atoms with van der Waals surface area (Å²) in [6.07, 6.45) is 0.847. The van der Waals surface area contributed by atoms with Gasteiger partial charge in [-0.1, -0.05) is 35.9 Å². The fourth-order valence-corrected chi connectivity index (χ4v) is 2.78. The minimum atomic E-state index is -0.0235. The summed E-state index contributed by atoms with van der Waals surface area (Å²) in [7, 11) is 0. The highest BCUT2D eigenvalue weighted by molar-refractivity contribution is 6.30. The van der Waals surface area contributed by atoms with E-state index >= 15 is 0 Å². The zero-order chi connectivity index (χ0) is 16.2. The molecule has 1 heterocycles. The molecule has 0 aromatic heterocycles. The number of para-hydroxylation sites is 1. The van der Waals surface area contributed by atoms with Crippen molar-refractivity contribution in [2.45, 2.75) is 19.1 Å². The molecule has 5 heteroatoms. The monoisotopic (exact) mass is 330 g/mol. The summed E-state index contributed by atoms with van der Waals surface area (Å²) in [5.41, 5.74) is 7.47. The molecule has 1 fully saturated rings. The lowest BCUT2D eigenvalue weighted by Gasteiger charge is -2.18. The Morgan fingerprint density at radius 1 is 1.22 bits per heavy atom. The van der Waals surface area contributed by atoms with Crippen LogP contribution in [0.25, 0.3) is 0 Å². The van der Waals surface area contributed by atoms with Crippen LogP contribution in [0.15, 0.2) is 48.5 Å². The minimum Gasteiger partial charge on any atom is -0.488 e. The van der Waals surface area contributed by atoms with Gasteiger partial charge in [-0.3, -0.25) is 4.79 Å². The zero-order valence-electron chi connectivity index (χ0n) is 12.7. The minimum absolute atomic E-state index is 0.0235. The van der Waals surface area contributed by atoms with Gasteiger partial charge in [0.2, 0.25) is 0 Å². The van der Waals surface area contributed by atoms with Crippen molar-refractivity contribution in [1.82, 2.24) is 4.90 Å². The van der Waals surface area contributed by atoms with Gasteiger partial charge in [-0.15, -0.1) is 0 Å². The second-order valence-corrected chi connectivity index (χ2v) is 6.15. The van der Waals surface area contributed by atoms with Crippen molar-refractivity contribution in [3.05, 3.63) is 64.7 Å². The number of hydrogen-bond acceptors (Lipinski definition) is 3. The number of halogens is 1. The quantitative estimate of drug-likeness (QED) is 0.937. The Bertz CT molecular complexity index is 688. The fourth-order valence-electron chi connectivity index (χ4n) is 2.65. The van der Waals surface area contributed by atoms with Crippen LogP contribution in [0.5, 0.6) is 5.75 Å². The molecule has 1 atom stereocenters. The fraction of sp³-hybridized carbons (Fsp3) is 0.278. The van der Waals surface area contributed by atoms with Crippen LogP contribution >= 0.6 is 11.6 Å². The van der Waals surface area contributed by atoms with E-state index in [4.69, 9.17) is 22.1 Å². The summed E-state index contributed by atoms with van der Waals surface area (Å²) in [5, 5.41) is 0.690. The van der Waals surface area contributed by atoms with Gasteiger partial charge < -0.3 is 15.4 Å². The number of amides is 1. The van der Waals surface area contributed by atoms with Gasteiger partial charge in [0.1, 0.15) is 12.4 Å². The number of hydrogen-bond donors (Lipinski definition) is 1. The molecule has 0 aliphatic carbocycles. The van der Waals surface area contributed by atoms with E-state index < -0.39 is 0 Å². The number of nitrogens with two attached hydrogens (primary N) is 1.